The lowest BCUT2D eigenvalue weighted by atomic mass is 10.1. The standard InChI is InChI=1S/C12H16FNO/c1-9-6-10(2-3-12(9)13)7-14-5-4-11(15)8-14/h2-3,6,11,15H,4-5,7-8H2,1H3. The Labute approximate surface area is 89.3 Å². The molecule has 15 heavy (non-hydrogen) atoms. The quantitative estimate of drug-likeness (QED) is 0.801. The molecule has 3 heteroatoms. The van der Waals surface area contributed by atoms with Crippen LogP contribution in [0.3, 0.4) is 0 Å². The first-order chi connectivity index (χ1) is 7.15. The van der Waals surface area contributed by atoms with Crippen molar-refractivity contribution in [3.05, 3.63) is 35.1 Å². The van der Waals surface area contributed by atoms with Crippen LogP contribution >= 0.6 is 0 Å². The number of aryl methyl sites for hydroxylation is 1. The average molecular weight is 209 g/mol. The molecule has 0 aromatic heterocycles. The molecule has 1 aromatic carbocycles. The molecule has 0 aliphatic carbocycles. The van der Waals surface area contributed by atoms with E-state index in [0.717, 1.165) is 31.6 Å². The molecule has 1 heterocycles. The fourth-order valence-corrected chi connectivity index (χ4v) is 2.02. The van der Waals surface area contributed by atoms with E-state index >= 15 is 0 Å². The smallest absolute Gasteiger partial charge is 0.126 e. The molecular weight excluding hydrogens is 193 g/mol. The van der Waals surface area contributed by atoms with E-state index in [2.05, 4.69) is 4.90 Å². The lowest BCUT2D eigenvalue weighted by molar-refractivity contribution is 0.175. The van der Waals surface area contributed by atoms with E-state index in [0.29, 0.717) is 5.56 Å². The van der Waals surface area contributed by atoms with Crippen molar-refractivity contribution < 1.29 is 9.50 Å². The summed E-state index contributed by atoms with van der Waals surface area (Å²) in [5, 5.41) is 9.37. The molecule has 1 saturated heterocycles. The first-order valence-corrected chi connectivity index (χ1v) is 5.30. The van der Waals surface area contributed by atoms with Crippen LogP contribution in [0.2, 0.25) is 0 Å². The van der Waals surface area contributed by atoms with Crippen LogP contribution in [0.1, 0.15) is 17.5 Å². The highest BCUT2D eigenvalue weighted by Gasteiger charge is 2.19. The molecule has 1 aromatic rings. The van der Waals surface area contributed by atoms with Crippen molar-refractivity contribution in [3.63, 3.8) is 0 Å². The fourth-order valence-electron chi connectivity index (χ4n) is 2.02. The van der Waals surface area contributed by atoms with E-state index < -0.39 is 0 Å². The Balaban J connectivity index is 2.02. The van der Waals surface area contributed by atoms with Gasteiger partial charge in [-0.15, -0.1) is 0 Å². The molecule has 0 saturated carbocycles. The Hall–Kier alpha value is -0.930. The predicted octanol–water partition coefficient (Wildman–Crippen LogP) is 1.70. The van der Waals surface area contributed by atoms with Crippen LogP contribution in [0.25, 0.3) is 0 Å². The highest BCUT2D eigenvalue weighted by molar-refractivity contribution is 5.23. The number of aliphatic hydroxyl groups excluding tert-OH is 1. The van der Waals surface area contributed by atoms with Gasteiger partial charge in [0.25, 0.3) is 0 Å². The van der Waals surface area contributed by atoms with Crippen molar-refractivity contribution in [1.29, 1.82) is 0 Å². The zero-order chi connectivity index (χ0) is 10.8. The molecule has 1 aliphatic heterocycles. The molecule has 1 N–H and O–H groups in total. The second kappa shape index (κ2) is 4.29. The summed E-state index contributed by atoms with van der Waals surface area (Å²) in [4.78, 5) is 2.19. The lowest BCUT2D eigenvalue weighted by Crippen LogP contribution is -2.21. The van der Waals surface area contributed by atoms with Gasteiger partial charge in [0, 0.05) is 19.6 Å². The maximum absolute atomic E-state index is 13.0. The summed E-state index contributed by atoms with van der Waals surface area (Å²) in [6.07, 6.45) is 0.659. The number of likely N-dealkylation sites (tertiary alicyclic amines) is 1. The SMILES string of the molecule is Cc1cc(CN2CCC(O)C2)ccc1F. The molecule has 2 rings (SSSR count). The second-order valence-electron chi connectivity index (χ2n) is 4.26. The Morgan fingerprint density at radius 1 is 1.53 bits per heavy atom. The molecule has 2 nitrogen and oxygen atoms in total. The highest BCUT2D eigenvalue weighted by Crippen LogP contribution is 2.15. The Morgan fingerprint density at radius 3 is 2.93 bits per heavy atom. The number of benzene rings is 1. The van der Waals surface area contributed by atoms with Gasteiger partial charge in [0.05, 0.1) is 6.10 Å². The van der Waals surface area contributed by atoms with E-state index in [9.17, 15) is 9.50 Å². The highest BCUT2D eigenvalue weighted by atomic mass is 19.1. The van der Waals surface area contributed by atoms with Crippen molar-refractivity contribution in [2.45, 2.75) is 26.0 Å². The van der Waals surface area contributed by atoms with Gasteiger partial charge in [-0.25, -0.2) is 4.39 Å². The fraction of sp³-hybridized carbons (Fsp3) is 0.500. The summed E-state index contributed by atoms with van der Waals surface area (Å²) in [6.45, 7) is 4.24. The number of aliphatic hydroxyl groups is 1. The van der Waals surface area contributed by atoms with Crippen molar-refractivity contribution in [2.75, 3.05) is 13.1 Å². The average Bonchev–Trinajstić information content (AvgIpc) is 2.58. The van der Waals surface area contributed by atoms with E-state index in [1.807, 2.05) is 12.1 Å². The molecule has 1 unspecified atom stereocenters. The van der Waals surface area contributed by atoms with Crippen LogP contribution in [0, 0.1) is 12.7 Å². The summed E-state index contributed by atoms with van der Waals surface area (Å²) >= 11 is 0. The van der Waals surface area contributed by atoms with Gasteiger partial charge in [0.15, 0.2) is 0 Å². The van der Waals surface area contributed by atoms with Gasteiger partial charge in [-0.05, 0) is 30.5 Å². The van der Waals surface area contributed by atoms with Gasteiger partial charge in [0.1, 0.15) is 5.82 Å². The maximum Gasteiger partial charge on any atom is 0.126 e. The van der Waals surface area contributed by atoms with Crippen LogP contribution < -0.4 is 0 Å². The molecule has 1 aliphatic rings. The van der Waals surface area contributed by atoms with Gasteiger partial charge < -0.3 is 5.11 Å². The molecular formula is C12H16FNO. The van der Waals surface area contributed by atoms with Crippen molar-refractivity contribution >= 4 is 0 Å². The van der Waals surface area contributed by atoms with Gasteiger partial charge >= 0.3 is 0 Å². The van der Waals surface area contributed by atoms with Crippen molar-refractivity contribution in [1.82, 2.24) is 4.90 Å². The van der Waals surface area contributed by atoms with Crippen molar-refractivity contribution in [2.24, 2.45) is 0 Å². The molecule has 82 valence electrons. The third-order valence-corrected chi connectivity index (χ3v) is 2.88. The summed E-state index contributed by atoms with van der Waals surface area (Å²) < 4.78 is 13.0. The Bertz CT molecular complexity index is 353. The van der Waals surface area contributed by atoms with Gasteiger partial charge in [-0.1, -0.05) is 12.1 Å². The second-order valence-corrected chi connectivity index (χ2v) is 4.26. The van der Waals surface area contributed by atoms with E-state index in [1.54, 1.807) is 6.92 Å². The minimum absolute atomic E-state index is 0.153. The summed E-state index contributed by atoms with van der Waals surface area (Å²) in [5.74, 6) is -0.153. The zero-order valence-electron chi connectivity index (χ0n) is 8.91. The Kier molecular flexibility index (Phi) is 3.03. The number of halogens is 1. The van der Waals surface area contributed by atoms with Gasteiger partial charge in [-0.2, -0.15) is 0 Å². The maximum atomic E-state index is 13.0. The van der Waals surface area contributed by atoms with E-state index in [1.165, 1.54) is 6.07 Å². The third-order valence-electron chi connectivity index (χ3n) is 2.88. The third kappa shape index (κ3) is 2.55. The van der Waals surface area contributed by atoms with E-state index in [-0.39, 0.29) is 11.9 Å². The minimum Gasteiger partial charge on any atom is -0.392 e. The Morgan fingerprint density at radius 2 is 2.33 bits per heavy atom. The molecule has 0 radical (unpaired) electrons. The monoisotopic (exact) mass is 209 g/mol. The molecule has 0 spiro atoms. The normalized spacial score (nSPS) is 22.2. The van der Waals surface area contributed by atoms with Crippen LogP contribution in [0.15, 0.2) is 18.2 Å². The largest absolute Gasteiger partial charge is 0.392 e. The number of hydrogen-bond acceptors (Lipinski definition) is 2. The molecule has 1 atom stereocenters. The van der Waals surface area contributed by atoms with E-state index in [4.69, 9.17) is 0 Å². The van der Waals surface area contributed by atoms with Crippen LogP contribution in [0.5, 0.6) is 0 Å². The number of rotatable bonds is 2. The van der Waals surface area contributed by atoms with Gasteiger partial charge in [-0.3, -0.25) is 4.90 Å². The summed E-state index contributed by atoms with van der Waals surface area (Å²) in [5.41, 5.74) is 1.80. The van der Waals surface area contributed by atoms with Gasteiger partial charge in [0.2, 0.25) is 0 Å². The molecule has 1 fully saturated rings. The minimum atomic E-state index is -0.188. The zero-order valence-corrected chi connectivity index (χ0v) is 8.91. The lowest BCUT2D eigenvalue weighted by Gasteiger charge is -2.15. The summed E-state index contributed by atoms with van der Waals surface area (Å²) in [6, 6.07) is 5.20. The topological polar surface area (TPSA) is 23.5 Å². The van der Waals surface area contributed by atoms with Crippen molar-refractivity contribution in [3.8, 4) is 0 Å². The number of nitrogens with zero attached hydrogens (tertiary/aromatic N) is 1. The van der Waals surface area contributed by atoms with Crippen LogP contribution in [-0.4, -0.2) is 29.2 Å². The van der Waals surface area contributed by atoms with Crippen LogP contribution in [0.4, 0.5) is 4.39 Å². The molecule has 0 bridgehead atoms. The molecule has 0 amide bonds. The predicted molar refractivity (Wildman–Crippen MR) is 57.0 cm³/mol. The first kappa shape index (κ1) is 10.6. The van der Waals surface area contributed by atoms with Crippen LogP contribution in [-0.2, 0) is 6.54 Å². The number of hydrogen-bond donors (Lipinski definition) is 1. The number of β-amino-alcohol motifs (C(OH)–C–C–N with tert-alkyl or cyclic N) is 1. The first-order valence-electron chi connectivity index (χ1n) is 5.30. The summed E-state index contributed by atoms with van der Waals surface area (Å²) in [7, 11) is 0.